The maximum Gasteiger partial charge on any atom is 0.221 e. The molecule has 1 aromatic rings. The van der Waals surface area contributed by atoms with E-state index in [2.05, 4.69) is 34.5 Å². The van der Waals surface area contributed by atoms with Gasteiger partial charge in [-0.2, -0.15) is 0 Å². The molecule has 1 aromatic carbocycles. The summed E-state index contributed by atoms with van der Waals surface area (Å²) in [6.07, 6.45) is 0.384. The Morgan fingerprint density at radius 1 is 1.20 bits per heavy atom. The zero-order chi connectivity index (χ0) is 14.2. The van der Waals surface area contributed by atoms with Gasteiger partial charge in [0.05, 0.1) is 13.2 Å². The van der Waals surface area contributed by atoms with Crippen molar-refractivity contribution in [3.05, 3.63) is 35.4 Å². The number of amides is 1. The van der Waals surface area contributed by atoms with Crippen LogP contribution in [-0.4, -0.2) is 43.7 Å². The molecule has 0 saturated carbocycles. The number of ether oxygens (including phenoxy) is 1. The minimum Gasteiger partial charge on any atom is -0.379 e. The fourth-order valence-electron chi connectivity index (χ4n) is 2.20. The molecule has 1 saturated heterocycles. The van der Waals surface area contributed by atoms with Crippen LogP contribution >= 0.6 is 0 Å². The molecule has 5 heteroatoms. The molecule has 1 aliphatic rings. The normalized spacial score (nSPS) is 16.1. The third kappa shape index (κ3) is 4.92. The van der Waals surface area contributed by atoms with Crippen LogP contribution in [0, 0.1) is 0 Å². The number of hydrogen-bond acceptors (Lipinski definition) is 4. The number of rotatable bonds is 6. The zero-order valence-electron chi connectivity index (χ0n) is 11.8. The number of carbonyl (C=O) groups excluding carboxylic acids is 1. The molecular formula is C15H23N3O2. The van der Waals surface area contributed by atoms with E-state index >= 15 is 0 Å². The van der Waals surface area contributed by atoms with Gasteiger partial charge in [0.2, 0.25) is 5.91 Å². The molecule has 0 atom stereocenters. The summed E-state index contributed by atoms with van der Waals surface area (Å²) in [4.78, 5) is 13.7. The molecule has 0 unspecified atom stereocenters. The van der Waals surface area contributed by atoms with Crippen molar-refractivity contribution in [1.82, 2.24) is 10.2 Å². The largest absolute Gasteiger partial charge is 0.379 e. The summed E-state index contributed by atoms with van der Waals surface area (Å²) in [5, 5.41) is 2.85. The zero-order valence-corrected chi connectivity index (χ0v) is 11.8. The number of nitrogens with zero attached hydrogens (tertiary/aromatic N) is 1. The van der Waals surface area contributed by atoms with E-state index in [1.54, 1.807) is 0 Å². The van der Waals surface area contributed by atoms with Crippen molar-refractivity contribution in [3.63, 3.8) is 0 Å². The quantitative estimate of drug-likeness (QED) is 0.794. The van der Waals surface area contributed by atoms with E-state index in [1.165, 1.54) is 5.56 Å². The highest BCUT2D eigenvalue weighted by Gasteiger charge is 2.10. The standard InChI is InChI=1S/C15H23N3O2/c16-6-5-15(19)17-11-13-1-3-14(4-2-13)12-18-7-9-20-10-8-18/h1-4H,5-12,16H2,(H,17,19). The van der Waals surface area contributed by atoms with Gasteiger partial charge in [0.1, 0.15) is 0 Å². The first-order chi connectivity index (χ1) is 9.78. The summed E-state index contributed by atoms with van der Waals surface area (Å²) in [5.41, 5.74) is 7.74. The van der Waals surface area contributed by atoms with Crippen LogP contribution in [-0.2, 0) is 22.6 Å². The van der Waals surface area contributed by atoms with Gasteiger partial charge in [-0.3, -0.25) is 9.69 Å². The molecular weight excluding hydrogens is 254 g/mol. The molecule has 20 heavy (non-hydrogen) atoms. The lowest BCUT2D eigenvalue weighted by Crippen LogP contribution is -2.35. The second-order valence-corrected chi connectivity index (χ2v) is 5.02. The fourth-order valence-corrected chi connectivity index (χ4v) is 2.20. The molecule has 0 aromatic heterocycles. The number of benzene rings is 1. The average Bonchev–Trinajstić information content (AvgIpc) is 2.48. The molecule has 1 fully saturated rings. The summed E-state index contributed by atoms with van der Waals surface area (Å²) in [7, 11) is 0. The second-order valence-electron chi connectivity index (χ2n) is 5.02. The predicted molar refractivity (Wildman–Crippen MR) is 78.1 cm³/mol. The Labute approximate surface area is 120 Å². The van der Waals surface area contributed by atoms with Gasteiger partial charge in [0.15, 0.2) is 0 Å². The highest BCUT2D eigenvalue weighted by Crippen LogP contribution is 2.09. The van der Waals surface area contributed by atoms with Crippen LogP contribution in [0.25, 0.3) is 0 Å². The van der Waals surface area contributed by atoms with E-state index < -0.39 is 0 Å². The first kappa shape index (κ1) is 15.0. The van der Waals surface area contributed by atoms with Crippen molar-refractivity contribution < 1.29 is 9.53 Å². The molecule has 5 nitrogen and oxygen atoms in total. The summed E-state index contributed by atoms with van der Waals surface area (Å²) >= 11 is 0. The Morgan fingerprint density at radius 3 is 2.50 bits per heavy atom. The van der Waals surface area contributed by atoms with E-state index in [-0.39, 0.29) is 5.91 Å². The minimum absolute atomic E-state index is 0.00453. The number of nitrogens with two attached hydrogens (primary N) is 1. The van der Waals surface area contributed by atoms with Crippen molar-refractivity contribution in [2.45, 2.75) is 19.5 Å². The Morgan fingerprint density at radius 2 is 1.85 bits per heavy atom. The maximum absolute atomic E-state index is 11.3. The van der Waals surface area contributed by atoms with Gasteiger partial charge in [-0.1, -0.05) is 24.3 Å². The third-order valence-corrected chi connectivity index (χ3v) is 3.39. The lowest BCUT2D eigenvalue weighted by molar-refractivity contribution is -0.121. The highest BCUT2D eigenvalue weighted by molar-refractivity contribution is 5.76. The number of morpholine rings is 1. The van der Waals surface area contributed by atoms with E-state index in [0.29, 0.717) is 19.5 Å². The fraction of sp³-hybridized carbons (Fsp3) is 0.533. The van der Waals surface area contributed by atoms with E-state index in [0.717, 1.165) is 38.4 Å². The second kappa shape index (κ2) is 7.99. The van der Waals surface area contributed by atoms with Crippen LogP contribution in [0.15, 0.2) is 24.3 Å². The van der Waals surface area contributed by atoms with Crippen LogP contribution in [0.1, 0.15) is 17.5 Å². The summed E-state index contributed by atoms with van der Waals surface area (Å²) in [6, 6.07) is 8.39. The monoisotopic (exact) mass is 277 g/mol. The summed E-state index contributed by atoms with van der Waals surface area (Å²) in [6.45, 7) is 5.56. The van der Waals surface area contributed by atoms with E-state index in [1.807, 2.05) is 0 Å². The smallest absolute Gasteiger partial charge is 0.221 e. The van der Waals surface area contributed by atoms with Gasteiger partial charge in [0.25, 0.3) is 0 Å². The van der Waals surface area contributed by atoms with Gasteiger partial charge < -0.3 is 15.8 Å². The molecule has 0 aliphatic carbocycles. The molecule has 0 bridgehead atoms. The minimum atomic E-state index is 0.00453. The van der Waals surface area contributed by atoms with Crippen molar-refractivity contribution in [1.29, 1.82) is 0 Å². The van der Waals surface area contributed by atoms with Gasteiger partial charge in [-0.25, -0.2) is 0 Å². The molecule has 0 spiro atoms. The molecule has 110 valence electrons. The summed E-state index contributed by atoms with van der Waals surface area (Å²) < 4.78 is 5.34. The van der Waals surface area contributed by atoms with Crippen molar-refractivity contribution >= 4 is 5.91 Å². The Hall–Kier alpha value is -1.43. The average molecular weight is 277 g/mol. The summed E-state index contributed by atoms with van der Waals surface area (Å²) in [5.74, 6) is 0.00453. The Balaban J connectivity index is 1.78. The lowest BCUT2D eigenvalue weighted by Gasteiger charge is -2.26. The molecule has 1 aliphatic heterocycles. The number of hydrogen-bond donors (Lipinski definition) is 2. The van der Waals surface area contributed by atoms with Crippen LogP contribution in [0.2, 0.25) is 0 Å². The van der Waals surface area contributed by atoms with Gasteiger partial charge >= 0.3 is 0 Å². The van der Waals surface area contributed by atoms with Crippen molar-refractivity contribution in [2.75, 3.05) is 32.8 Å². The molecule has 0 radical (unpaired) electrons. The van der Waals surface area contributed by atoms with Crippen LogP contribution in [0.3, 0.4) is 0 Å². The number of carbonyl (C=O) groups is 1. The third-order valence-electron chi connectivity index (χ3n) is 3.39. The Kier molecular flexibility index (Phi) is 5.98. The van der Waals surface area contributed by atoms with Crippen molar-refractivity contribution in [2.24, 2.45) is 5.73 Å². The topological polar surface area (TPSA) is 67.6 Å². The van der Waals surface area contributed by atoms with Gasteiger partial charge in [-0.15, -0.1) is 0 Å². The van der Waals surface area contributed by atoms with Crippen LogP contribution in [0.5, 0.6) is 0 Å². The molecule has 2 rings (SSSR count). The van der Waals surface area contributed by atoms with Crippen LogP contribution in [0.4, 0.5) is 0 Å². The van der Waals surface area contributed by atoms with E-state index in [9.17, 15) is 4.79 Å². The Bertz CT molecular complexity index is 414. The first-order valence-electron chi connectivity index (χ1n) is 7.12. The lowest BCUT2D eigenvalue weighted by atomic mass is 10.1. The predicted octanol–water partition coefficient (Wildman–Crippen LogP) is 0.484. The molecule has 1 amide bonds. The van der Waals surface area contributed by atoms with Gasteiger partial charge in [0, 0.05) is 39.1 Å². The van der Waals surface area contributed by atoms with Gasteiger partial charge in [-0.05, 0) is 11.1 Å². The highest BCUT2D eigenvalue weighted by atomic mass is 16.5. The number of nitrogens with one attached hydrogen (secondary N) is 1. The van der Waals surface area contributed by atoms with E-state index in [4.69, 9.17) is 10.5 Å². The SMILES string of the molecule is NCCC(=O)NCc1ccc(CN2CCOCC2)cc1. The van der Waals surface area contributed by atoms with Crippen LogP contribution < -0.4 is 11.1 Å². The van der Waals surface area contributed by atoms with Crippen molar-refractivity contribution in [3.8, 4) is 0 Å². The first-order valence-corrected chi connectivity index (χ1v) is 7.12. The molecule has 1 heterocycles. The maximum atomic E-state index is 11.3. The molecule has 3 N–H and O–H groups in total.